The van der Waals surface area contributed by atoms with E-state index in [-0.39, 0.29) is 17.9 Å². The fraction of sp³-hybridized carbons (Fsp3) is 0.500. The van der Waals surface area contributed by atoms with Crippen LogP contribution in [0.2, 0.25) is 0 Å². The lowest BCUT2D eigenvalue weighted by Gasteiger charge is -2.18. The van der Waals surface area contributed by atoms with Gasteiger partial charge in [-0.05, 0) is 25.0 Å². The fourth-order valence-corrected chi connectivity index (χ4v) is 1.51. The first-order valence-electron chi connectivity index (χ1n) is 5.59. The van der Waals surface area contributed by atoms with E-state index in [0.29, 0.717) is 6.54 Å². The molecule has 1 aromatic heterocycles. The second-order valence-electron chi connectivity index (χ2n) is 3.86. The Hall–Kier alpha value is -1.42. The molecule has 0 spiro atoms. The average Bonchev–Trinajstić information content (AvgIpc) is 2.31. The number of carbonyl (C=O) groups is 1. The molecule has 3 N–H and O–H groups in total. The molecule has 88 valence electrons. The maximum Gasteiger partial charge on any atom is 0.224 e. The maximum atomic E-state index is 11.8. The van der Waals surface area contributed by atoms with Gasteiger partial charge in [0.2, 0.25) is 5.91 Å². The van der Waals surface area contributed by atoms with Crippen molar-refractivity contribution in [1.29, 1.82) is 0 Å². The number of nitrogens with one attached hydrogen (secondary N) is 1. The summed E-state index contributed by atoms with van der Waals surface area (Å²) in [6.45, 7) is 4.30. The van der Waals surface area contributed by atoms with Crippen LogP contribution in [0.4, 0.5) is 0 Å². The van der Waals surface area contributed by atoms with Crippen molar-refractivity contribution < 1.29 is 4.79 Å². The highest BCUT2D eigenvalue weighted by Crippen LogP contribution is 2.11. The highest BCUT2D eigenvalue weighted by Gasteiger charge is 2.17. The van der Waals surface area contributed by atoms with Crippen LogP contribution in [0.1, 0.15) is 31.9 Å². The first kappa shape index (κ1) is 12.6. The number of aromatic nitrogens is 1. The van der Waals surface area contributed by atoms with Crippen LogP contribution >= 0.6 is 0 Å². The van der Waals surface area contributed by atoms with Gasteiger partial charge in [0.05, 0.1) is 6.04 Å². The van der Waals surface area contributed by atoms with E-state index in [4.69, 9.17) is 5.73 Å². The molecular weight excluding hydrogens is 202 g/mol. The van der Waals surface area contributed by atoms with Crippen molar-refractivity contribution in [2.45, 2.75) is 26.3 Å². The van der Waals surface area contributed by atoms with Crippen molar-refractivity contribution in [3.05, 3.63) is 30.1 Å². The van der Waals surface area contributed by atoms with Crippen LogP contribution < -0.4 is 11.1 Å². The Morgan fingerprint density at radius 1 is 1.62 bits per heavy atom. The number of rotatable bonds is 5. The van der Waals surface area contributed by atoms with E-state index in [1.165, 1.54) is 0 Å². The van der Waals surface area contributed by atoms with Gasteiger partial charge in [0, 0.05) is 24.9 Å². The summed E-state index contributed by atoms with van der Waals surface area (Å²) in [4.78, 5) is 15.8. The van der Waals surface area contributed by atoms with E-state index in [0.717, 1.165) is 12.0 Å². The van der Waals surface area contributed by atoms with Gasteiger partial charge in [-0.25, -0.2) is 0 Å². The van der Waals surface area contributed by atoms with E-state index < -0.39 is 0 Å². The molecule has 0 saturated heterocycles. The molecule has 1 amide bonds. The summed E-state index contributed by atoms with van der Waals surface area (Å²) >= 11 is 0. The van der Waals surface area contributed by atoms with Crippen LogP contribution in [0.5, 0.6) is 0 Å². The molecule has 1 heterocycles. The van der Waals surface area contributed by atoms with E-state index >= 15 is 0 Å². The molecule has 0 fully saturated rings. The molecular formula is C12H19N3O. The summed E-state index contributed by atoms with van der Waals surface area (Å²) in [6, 6.07) is 3.78. The Balaban J connectivity index is 2.58. The van der Waals surface area contributed by atoms with Crippen LogP contribution in [0.15, 0.2) is 24.5 Å². The van der Waals surface area contributed by atoms with Crippen LogP contribution in [-0.4, -0.2) is 17.4 Å². The van der Waals surface area contributed by atoms with E-state index in [1.54, 1.807) is 12.4 Å². The SMILES string of the molecule is CCC(CN)C(=O)NC(C)c1cccnc1. The minimum absolute atomic E-state index is 0.0151. The van der Waals surface area contributed by atoms with Gasteiger partial charge in [0.25, 0.3) is 0 Å². The van der Waals surface area contributed by atoms with Crippen LogP contribution in [-0.2, 0) is 4.79 Å². The van der Waals surface area contributed by atoms with Crippen molar-refractivity contribution in [2.75, 3.05) is 6.54 Å². The van der Waals surface area contributed by atoms with Crippen LogP contribution in [0.3, 0.4) is 0 Å². The van der Waals surface area contributed by atoms with Gasteiger partial charge in [-0.15, -0.1) is 0 Å². The lowest BCUT2D eigenvalue weighted by Crippen LogP contribution is -2.36. The summed E-state index contributed by atoms with van der Waals surface area (Å²) < 4.78 is 0. The number of hydrogen-bond acceptors (Lipinski definition) is 3. The second kappa shape index (κ2) is 6.23. The molecule has 0 aromatic carbocycles. The molecule has 0 aliphatic heterocycles. The summed E-state index contributed by atoms with van der Waals surface area (Å²) in [5.74, 6) is -0.0829. The third-order valence-corrected chi connectivity index (χ3v) is 2.69. The number of hydrogen-bond donors (Lipinski definition) is 2. The van der Waals surface area contributed by atoms with Crippen molar-refractivity contribution in [3.63, 3.8) is 0 Å². The van der Waals surface area contributed by atoms with Gasteiger partial charge in [-0.3, -0.25) is 9.78 Å². The minimum atomic E-state index is -0.0980. The zero-order chi connectivity index (χ0) is 12.0. The number of carbonyl (C=O) groups excluding carboxylic acids is 1. The molecule has 1 rings (SSSR count). The molecule has 4 heteroatoms. The first-order chi connectivity index (χ1) is 7.69. The fourth-order valence-electron chi connectivity index (χ4n) is 1.51. The Morgan fingerprint density at radius 2 is 2.38 bits per heavy atom. The van der Waals surface area contributed by atoms with E-state index in [2.05, 4.69) is 10.3 Å². The van der Waals surface area contributed by atoms with Crippen LogP contribution in [0, 0.1) is 5.92 Å². The third-order valence-electron chi connectivity index (χ3n) is 2.69. The Morgan fingerprint density at radius 3 is 2.88 bits per heavy atom. The molecule has 0 saturated carbocycles. The van der Waals surface area contributed by atoms with Gasteiger partial charge >= 0.3 is 0 Å². The molecule has 2 unspecified atom stereocenters. The zero-order valence-corrected chi connectivity index (χ0v) is 9.81. The quantitative estimate of drug-likeness (QED) is 0.786. The molecule has 2 atom stereocenters. The molecule has 0 bridgehead atoms. The number of nitrogens with two attached hydrogens (primary N) is 1. The van der Waals surface area contributed by atoms with Gasteiger partial charge in [0.1, 0.15) is 0 Å². The molecule has 1 aromatic rings. The number of nitrogens with zero attached hydrogens (tertiary/aromatic N) is 1. The van der Waals surface area contributed by atoms with Gasteiger partial charge in [-0.2, -0.15) is 0 Å². The van der Waals surface area contributed by atoms with Crippen molar-refractivity contribution >= 4 is 5.91 Å². The predicted octanol–water partition coefficient (Wildman–Crippen LogP) is 1.24. The van der Waals surface area contributed by atoms with Crippen LogP contribution in [0.25, 0.3) is 0 Å². The summed E-state index contributed by atoms with van der Waals surface area (Å²) in [5, 5.41) is 2.94. The Bertz CT molecular complexity index is 322. The normalized spacial score (nSPS) is 14.2. The third kappa shape index (κ3) is 3.31. The number of pyridine rings is 1. The summed E-state index contributed by atoms with van der Waals surface area (Å²) in [6.07, 6.45) is 4.24. The monoisotopic (exact) mass is 221 g/mol. The molecule has 4 nitrogen and oxygen atoms in total. The molecule has 0 radical (unpaired) electrons. The zero-order valence-electron chi connectivity index (χ0n) is 9.81. The number of amides is 1. The highest BCUT2D eigenvalue weighted by molar-refractivity contribution is 5.79. The predicted molar refractivity (Wildman–Crippen MR) is 63.6 cm³/mol. The minimum Gasteiger partial charge on any atom is -0.349 e. The lowest BCUT2D eigenvalue weighted by atomic mass is 10.0. The largest absolute Gasteiger partial charge is 0.349 e. The van der Waals surface area contributed by atoms with Gasteiger partial charge < -0.3 is 11.1 Å². The maximum absolute atomic E-state index is 11.8. The van der Waals surface area contributed by atoms with Crippen molar-refractivity contribution in [2.24, 2.45) is 11.7 Å². The summed E-state index contributed by atoms with van der Waals surface area (Å²) in [5.41, 5.74) is 6.53. The standard InChI is InChI=1S/C12H19N3O/c1-3-10(7-13)12(16)15-9(2)11-5-4-6-14-8-11/h4-6,8-10H,3,7,13H2,1-2H3,(H,15,16). The van der Waals surface area contributed by atoms with E-state index in [9.17, 15) is 4.79 Å². The van der Waals surface area contributed by atoms with Crippen molar-refractivity contribution in [1.82, 2.24) is 10.3 Å². The molecule has 0 aliphatic carbocycles. The highest BCUT2D eigenvalue weighted by atomic mass is 16.1. The van der Waals surface area contributed by atoms with E-state index in [1.807, 2.05) is 26.0 Å². The molecule has 0 aliphatic rings. The Kier molecular flexibility index (Phi) is 4.92. The second-order valence-corrected chi connectivity index (χ2v) is 3.86. The van der Waals surface area contributed by atoms with Crippen molar-refractivity contribution in [3.8, 4) is 0 Å². The Labute approximate surface area is 96.3 Å². The lowest BCUT2D eigenvalue weighted by molar-refractivity contribution is -0.125. The van der Waals surface area contributed by atoms with Gasteiger partial charge in [0.15, 0.2) is 0 Å². The topological polar surface area (TPSA) is 68.0 Å². The smallest absolute Gasteiger partial charge is 0.224 e. The summed E-state index contributed by atoms with van der Waals surface area (Å²) in [7, 11) is 0. The average molecular weight is 221 g/mol. The van der Waals surface area contributed by atoms with Gasteiger partial charge in [-0.1, -0.05) is 13.0 Å². The first-order valence-corrected chi connectivity index (χ1v) is 5.59. The molecule has 16 heavy (non-hydrogen) atoms.